The van der Waals surface area contributed by atoms with Gasteiger partial charge in [0.2, 0.25) is 0 Å². The molecule has 2 heterocycles. The summed E-state index contributed by atoms with van der Waals surface area (Å²) in [5.41, 5.74) is 2.34. The molecule has 2 aliphatic rings. The van der Waals surface area contributed by atoms with E-state index >= 15 is 0 Å². The Morgan fingerprint density at radius 1 is 1.37 bits per heavy atom. The third-order valence-corrected chi connectivity index (χ3v) is 4.02. The van der Waals surface area contributed by atoms with E-state index in [0.29, 0.717) is 19.4 Å². The van der Waals surface area contributed by atoms with E-state index in [4.69, 9.17) is 9.84 Å². The smallest absolute Gasteiger partial charge is 0.332 e. The van der Waals surface area contributed by atoms with E-state index in [-0.39, 0.29) is 11.7 Å². The zero-order valence-corrected chi connectivity index (χ0v) is 10.7. The Hall–Kier alpha value is -1.62. The van der Waals surface area contributed by atoms with Crippen molar-refractivity contribution in [1.29, 1.82) is 0 Å². The predicted molar refractivity (Wildman–Crippen MR) is 68.3 cm³/mol. The Kier molecular flexibility index (Phi) is 3.14. The quantitative estimate of drug-likeness (QED) is 0.882. The average Bonchev–Trinajstić information content (AvgIpc) is 3.01. The van der Waals surface area contributed by atoms with Crippen molar-refractivity contribution in [3.63, 3.8) is 0 Å². The van der Waals surface area contributed by atoms with E-state index in [1.54, 1.807) is 10.6 Å². The summed E-state index contributed by atoms with van der Waals surface area (Å²) in [6.45, 7) is 0.478. The second kappa shape index (κ2) is 4.81. The monoisotopic (exact) mass is 263 g/mol. The molecule has 0 radical (unpaired) electrons. The number of pyridine rings is 1. The van der Waals surface area contributed by atoms with Gasteiger partial charge in [-0.15, -0.1) is 0 Å². The second-order valence-electron chi connectivity index (χ2n) is 5.27. The molecule has 0 spiro atoms. The summed E-state index contributed by atoms with van der Waals surface area (Å²) in [6.07, 6.45) is 3.40. The number of carboxylic acid groups (broad SMARTS) is 1. The molecule has 1 aromatic heterocycles. The minimum absolute atomic E-state index is 0.0111. The molecular weight excluding hydrogens is 246 g/mol. The predicted octanol–water partition coefficient (Wildman–Crippen LogP) is 0.969. The molecule has 102 valence electrons. The summed E-state index contributed by atoms with van der Waals surface area (Å²) >= 11 is 0. The fraction of sp³-hybridized carbons (Fsp3) is 0.571. The van der Waals surface area contributed by atoms with Crippen molar-refractivity contribution in [3.05, 3.63) is 33.7 Å². The molecule has 0 bridgehead atoms. The fourth-order valence-electron chi connectivity index (χ4n) is 3.06. The van der Waals surface area contributed by atoms with E-state index in [2.05, 4.69) is 0 Å². The lowest BCUT2D eigenvalue weighted by Gasteiger charge is -2.16. The van der Waals surface area contributed by atoms with E-state index in [1.165, 1.54) is 5.56 Å². The highest BCUT2D eigenvalue weighted by molar-refractivity contribution is 5.72. The first-order valence-electron chi connectivity index (χ1n) is 6.75. The zero-order chi connectivity index (χ0) is 13.4. The minimum atomic E-state index is -0.909. The Labute approximate surface area is 110 Å². The summed E-state index contributed by atoms with van der Waals surface area (Å²) in [5.74, 6) is -0.909. The Morgan fingerprint density at radius 2 is 2.21 bits per heavy atom. The maximum Gasteiger partial charge on any atom is 0.332 e. The van der Waals surface area contributed by atoms with Crippen LogP contribution >= 0.6 is 0 Å². The van der Waals surface area contributed by atoms with E-state index < -0.39 is 12.1 Å². The van der Waals surface area contributed by atoms with Crippen molar-refractivity contribution in [3.8, 4) is 0 Å². The van der Waals surface area contributed by atoms with Crippen LogP contribution in [0.4, 0.5) is 0 Å². The van der Waals surface area contributed by atoms with Gasteiger partial charge in [-0.3, -0.25) is 4.79 Å². The highest BCUT2D eigenvalue weighted by Gasteiger charge is 2.31. The van der Waals surface area contributed by atoms with Crippen LogP contribution in [-0.4, -0.2) is 27.9 Å². The second-order valence-corrected chi connectivity index (χ2v) is 5.27. The van der Waals surface area contributed by atoms with Crippen LogP contribution in [0.25, 0.3) is 0 Å². The minimum Gasteiger partial charge on any atom is -0.479 e. The molecule has 1 fully saturated rings. The molecule has 0 aromatic carbocycles. The molecule has 1 aliphatic carbocycles. The van der Waals surface area contributed by atoms with Gasteiger partial charge >= 0.3 is 5.97 Å². The molecule has 5 nitrogen and oxygen atoms in total. The lowest BCUT2D eigenvalue weighted by atomic mass is 10.1. The van der Waals surface area contributed by atoms with Gasteiger partial charge in [-0.2, -0.15) is 0 Å². The van der Waals surface area contributed by atoms with Crippen LogP contribution in [-0.2, 0) is 28.9 Å². The van der Waals surface area contributed by atoms with Gasteiger partial charge in [-0.05, 0) is 37.7 Å². The SMILES string of the molecule is O=C(O)C1CCC(Cn2c3c(ccc2=O)CCC3)O1. The first-order valence-corrected chi connectivity index (χ1v) is 6.75. The third-order valence-electron chi connectivity index (χ3n) is 4.02. The summed E-state index contributed by atoms with van der Waals surface area (Å²) in [5, 5.41) is 8.91. The molecule has 0 saturated carbocycles. The number of nitrogens with zero attached hydrogens (tertiary/aromatic N) is 1. The van der Waals surface area contributed by atoms with E-state index in [0.717, 1.165) is 25.0 Å². The zero-order valence-electron chi connectivity index (χ0n) is 10.7. The molecule has 0 amide bonds. The van der Waals surface area contributed by atoms with Gasteiger partial charge < -0.3 is 14.4 Å². The van der Waals surface area contributed by atoms with Gasteiger partial charge in [0.15, 0.2) is 6.10 Å². The average molecular weight is 263 g/mol. The molecule has 5 heteroatoms. The van der Waals surface area contributed by atoms with Crippen LogP contribution in [0.15, 0.2) is 16.9 Å². The number of hydrogen-bond donors (Lipinski definition) is 1. The standard InChI is InChI=1S/C14H17NO4/c16-13-7-4-9-2-1-3-11(9)15(13)8-10-5-6-12(19-10)14(17)18/h4,7,10,12H,1-3,5-6,8H2,(H,17,18). The largest absolute Gasteiger partial charge is 0.479 e. The number of carbonyl (C=O) groups is 1. The number of hydrogen-bond acceptors (Lipinski definition) is 3. The van der Waals surface area contributed by atoms with Crippen molar-refractivity contribution in [2.45, 2.75) is 50.9 Å². The first-order chi connectivity index (χ1) is 9.15. The maximum absolute atomic E-state index is 12.0. The van der Waals surface area contributed by atoms with Crippen LogP contribution in [0.1, 0.15) is 30.5 Å². The molecule has 2 atom stereocenters. The van der Waals surface area contributed by atoms with Crippen LogP contribution < -0.4 is 5.56 Å². The van der Waals surface area contributed by atoms with Crippen LogP contribution in [0.5, 0.6) is 0 Å². The number of aryl methyl sites for hydroxylation is 1. The number of rotatable bonds is 3. The van der Waals surface area contributed by atoms with Crippen LogP contribution in [0.3, 0.4) is 0 Å². The topological polar surface area (TPSA) is 68.5 Å². The molecule has 1 saturated heterocycles. The van der Waals surface area contributed by atoms with Gasteiger partial charge in [0.25, 0.3) is 5.56 Å². The maximum atomic E-state index is 12.0. The van der Waals surface area contributed by atoms with Gasteiger partial charge in [-0.25, -0.2) is 4.79 Å². The number of fused-ring (bicyclic) bond motifs is 1. The number of aliphatic carboxylic acids is 1. The van der Waals surface area contributed by atoms with Crippen molar-refractivity contribution < 1.29 is 14.6 Å². The normalized spacial score (nSPS) is 25.5. The van der Waals surface area contributed by atoms with Crippen molar-refractivity contribution >= 4 is 5.97 Å². The lowest BCUT2D eigenvalue weighted by Crippen LogP contribution is -2.30. The Morgan fingerprint density at radius 3 is 2.95 bits per heavy atom. The first kappa shape index (κ1) is 12.4. The highest BCUT2D eigenvalue weighted by atomic mass is 16.5. The van der Waals surface area contributed by atoms with E-state index in [9.17, 15) is 9.59 Å². The molecule has 19 heavy (non-hydrogen) atoms. The molecule has 1 aromatic rings. The molecule has 1 N–H and O–H groups in total. The third kappa shape index (κ3) is 2.30. The molecule has 2 unspecified atom stereocenters. The Balaban J connectivity index is 1.80. The van der Waals surface area contributed by atoms with Crippen molar-refractivity contribution in [1.82, 2.24) is 4.57 Å². The number of carboxylic acids is 1. The molecule has 3 rings (SSSR count). The summed E-state index contributed by atoms with van der Waals surface area (Å²) < 4.78 is 7.26. The molecular formula is C14H17NO4. The van der Waals surface area contributed by atoms with E-state index in [1.807, 2.05) is 6.07 Å². The number of ether oxygens (including phenoxy) is 1. The highest BCUT2D eigenvalue weighted by Crippen LogP contribution is 2.24. The molecule has 1 aliphatic heterocycles. The van der Waals surface area contributed by atoms with Gasteiger partial charge in [-0.1, -0.05) is 6.07 Å². The van der Waals surface area contributed by atoms with Crippen molar-refractivity contribution in [2.75, 3.05) is 0 Å². The Bertz CT molecular complexity index is 563. The summed E-state index contributed by atoms with van der Waals surface area (Å²) in [6, 6.07) is 3.52. The summed E-state index contributed by atoms with van der Waals surface area (Å²) in [7, 11) is 0. The van der Waals surface area contributed by atoms with Gasteiger partial charge in [0, 0.05) is 11.8 Å². The van der Waals surface area contributed by atoms with Crippen LogP contribution in [0.2, 0.25) is 0 Å². The lowest BCUT2D eigenvalue weighted by molar-refractivity contribution is -0.149. The van der Waals surface area contributed by atoms with Gasteiger partial charge in [0.05, 0.1) is 12.6 Å². The van der Waals surface area contributed by atoms with Crippen molar-refractivity contribution in [2.24, 2.45) is 0 Å². The van der Waals surface area contributed by atoms with Gasteiger partial charge in [0.1, 0.15) is 0 Å². The number of aromatic nitrogens is 1. The fourth-order valence-corrected chi connectivity index (χ4v) is 3.06. The van der Waals surface area contributed by atoms with Crippen LogP contribution in [0, 0.1) is 0 Å². The summed E-state index contributed by atoms with van der Waals surface area (Å²) in [4.78, 5) is 22.8.